The topological polar surface area (TPSA) is 16.1 Å². The van der Waals surface area contributed by atoms with Gasteiger partial charge in [0.05, 0.1) is 0 Å². The number of rotatable bonds is 2. The van der Waals surface area contributed by atoms with E-state index < -0.39 is 0 Å². The van der Waals surface area contributed by atoms with Crippen molar-refractivity contribution in [2.24, 2.45) is 0 Å². The lowest BCUT2D eigenvalue weighted by Gasteiger charge is -2.19. The second-order valence-corrected chi connectivity index (χ2v) is 5.12. The minimum Gasteiger partial charge on any atom is -0.299 e. The first kappa shape index (κ1) is 11.1. The maximum absolute atomic E-state index is 4.20. The van der Waals surface area contributed by atoms with Crippen molar-refractivity contribution in [1.29, 1.82) is 0 Å². The fourth-order valence-corrected chi connectivity index (χ4v) is 2.51. The molecule has 0 atom stereocenters. The lowest BCUT2D eigenvalue weighted by molar-refractivity contribution is 0.276. The Kier molecular flexibility index (Phi) is 4.15. The molecule has 0 spiro atoms. The molecule has 0 amide bonds. The molecule has 2 rings (SSSR count). The summed E-state index contributed by atoms with van der Waals surface area (Å²) in [5.41, 5.74) is 1.31. The molecule has 0 unspecified atom stereocenters. The summed E-state index contributed by atoms with van der Waals surface area (Å²) in [6.07, 6.45) is 9.30. The minimum atomic E-state index is 1.05. The van der Waals surface area contributed by atoms with Crippen molar-refractivity contribution in [3.8, 4) is 0 Å². The molecule has 15 heavy (non-hydrogen) atoms. The zero-order chi connectivity index (χ0) is 10.5. The Bertz CT molecular complexity index is 306. The van der Waals surface area contributed by atoms with Crippen LogP contribution in [0.3, 0.4) is 0 Å². The maximum atomic E-state index is 4.20. The van der Waals surface area contributed by atoms with Gasteiger partial charge in [-0.1, -0.05) is 12.8 Å². The van der Waals surface area contributed by atoms with Gasteiger partial charge in [-0.2, -0.15) is 0 Å². The van der Waals surface area contributed by atoms with Crippen molar-refractivity contribution in [1.82, 2.24) is 9.88 Å². The van der Waals surface area contributed by atoms with E-state index >= 15 is 0 Å². The average molecular weight is 269 g/mol. The van der Waals surface area contributed by atoms with Crippen LogP contribution in [0, 0.1) is 0 Å². The second kappa shape index (κ2) is 5.61. The number of hydrogen-bond donors (Lipinski definition) is 0. The van der Waals surface area contributed by atoms with Crippen LogP contribution in [-0.4, -0.2) is 23.0 Å². The monoisotopic (exact) mass is 268 g/mol. The summed E-state index contributed by atoms with van der Waals surface area (Å²) in [5.74, 6) is 0. The molecule has 0 saturated carbocycles. The molecule has 2 heterocycles. The molecule has 2 nitrogen and oxygen atoms in total. The Morgan fingerprint density at radius 2 is 1.87 bits per heavy atom. The van der Waals surface area contributed by atoms with Crippen LogP contribution in [-0.2, 0) is 6.54 Å². The molecule has 0 N–H and O–H groups in total. The van der Waals surface area contributed by atoms with Crippen LogP contribution < -0.4 is 0 Å². The zero-order valence-electron chi connectivity index (χ0n) is 8.95. The molecule has 1 saturated heterocycles. The van der Waals surface area contributed by atoms with E-state index in [1.807, 2.05) is 12.4 Å². The summed E-state index contributed by atoms with van der Waals surface area (Å²) in [4.78, 5) is 6.74. The van der Waals surface area contributed by atoms with Crippen LogP contribution in [0.4, 0.5) is 0 Å². The van der Waals surface area contributed by atoms with Crippen molar-refractivity contribution < 1.29 is 0 Å². The van der Waals surface area contributed by atoms with E-state index in [1.165, 1.54) is 44.3 Å². The first-order valence-corrected chi connectivity index (χ1v) is 6.46. The first-order chi connectivity index (χ1) is 7.34. The molecule has 1 aromatic heterocycles. The summed E-state index contributed by atoms with van der Waals surface area (Å²) in [5, 5.41) is 0. The van der Waals surface area contributed by atoms with Gasteiger partial charge < -0.3 is 0 Å². The summed E-state index contributed by atoms with van der Waals surface area (Å²) in [6, 6.07) is 2.16. The van der Waals surface area contributed by atoms with Gasteiger partial charge in [0.2, 0.25) is 0 Å². The van der Waals surface area contributed by atoms with E-state index in [9.17, 15) is 0 Å². The Morgan fingerprint density at radius 3 is 2.53 bits per heavy atom. The van der Waals surface area contributed by atoms with Crippen molar-refractivity contribution in [3.63, 3.8) is 0 Å². The molecule has 1 aliphatic heterocycles. The summed E-state index contributed by atoms with van der Waals surface area (Å²) < 4.78 is 1.08. The Hall–Kier alpha value is -0.410. The molecule has 82 valence electrons. The van der Waals surface area contributed by atoms with E-state index in [2.05, 4.69) is 31.9 Å². The molecular weight excluding hydrogens is 252 g/mol. The fourth-order valence-electron chi connectivity index (χ4n) is 2.09. The minimum absolute atomic E-state index is 1.05. The highest BCUT2D eigenvalue weighted by Crippen LogP contribution is 2.15. The van der Waals surface area contributed by atoms with E-state index in [0.29, 0.717) is 0 Å². The van der Waals surface area contributed by atoms with E-state index in [4.69, 9.17) is 0 Å². The number of aromatic nitrogens is 1. The summed E-state index contributed by atoms with van der Waals surface area (Å²) in [7, 11) is 0. The quantitative estimate of drug-likeness (QED) is 0.819. The molecule has 1 aromatic rings. The van der Waals surface area contributed by atoms with Crippen molar-refractivity contribution in [2.45, 2.75) is 32.2 Å². The van der Waals surface area contributed by atoms with Gasteiger partial charge in [0.1, 0.15) is 0 Å². The van der Waals surface area contributed by atoms with Crippen molar-refractivity contribution in [2.75, 3.05) is 13.1 Å². The molecule has 0 bridgehead atoms. The normalized spacial score (nSPS) is 18.7. The highest BCUT2D eigenvalue weighted by Gasteiger charge is 2.09. The first-order valence-electron chi connectivity index (χ1n) is 5.66. The summed E-state index contributed by atoms with van der Waals surface area (Å²) in [6.45, 7) is 3.53. The lowest BCUT2D eigenvalue weighted by atomic mass is 10.2. The lowest BCUT2D eigenvalue weighted by Crippen LogP contribution is -2.23. The second-order valence-electron chi connectivity index (χ2n) is 4.20. The predicted molar refractivity (Wildman–Crippen MR) is 65.7 cm³/mol. The van der Waals surface area contributed by atoms with Crippen LogP contribution in [0.15, 0.2) is 22.9 Å². The van der Waals surface area contributed by atoms with Crippen LogP contribution >= 0.6 is 15.9 Å². The highest BCUT2D eigenvalue weighted by molar-refractivity contribution is 9.10. The van der Waals surface area contributed by atoms with Crippen molar-refractivity contribution >= 4 is 15.9 Å². The van der Waals surface area contributed by atoms with Crippen LogP contribution in [0.2, 0.25) is 0 Å². The largest absolute Gasteiger partial charge is 0.299 e. The number of likely N-dealkylation sites (tertiary alicyclic amines) is 1. The average Bonchev–Trinajstić information content (AvgIpc) is 2.46. The Balaban J connectivity index is 1.95. The van der Waals surface area contributed by atoms with Gasteiger partial charge in [0.25, 0.3) is 0 Å². The van der Waals surface area contributed by atoms with E-state index in [1.54, 1.807) is 0 Å². The molecule has 0 aromatic carbocycles. The third-order valence-corrected chi connectivity index (χ3v) is 3.30. The number of halogens is 1. The summed E-state index contributed by atoms with van der Waals surface area (Å²) >= 11 is 3.46. The molecule has 0 radical (unpaired) electrons. The van der Waals surface area contributed by atoms with Crippen molar-refractivity contribution in [3.05, 3.63) is 28.5 Å². The zero-order valence-corrected chi connectivity index (χ0v) is 10.5. The van der Waals surface area contributed by atoms with Gasteiger partial charge in [0.15, 0.2) is 0 Å². The third kappa shape index (κ3) is 3.58. The highest BCUT2D eigenvalue weighted by atomic mass is 79.9. The smallest absolute Gasteiger partial charge is 0.0410 e. The van der Waals surface area contributed by atoms with E-state index in [-0.39, 0.29) is 0 Å². The standard InChI is InChI=1S/C12H17BrN2/c13-12-7-11(8-14-9-12)10-15-5-3-1-2-4-6-15/h7-9H,1-6,10H2. The number of hydrogen-bond acceptors (Lipinski definition) is 2. The van der Waals surface area contributed by atoms with E-state index in [0.717, 1.165) is 11.0 Å². The van der Waals surface area contributed by atoms with Gasteiger partial charge in [-0.15, -0.1) is 0 Å². The van der Waals surface area contributed by atoms with Crippen LogP contribution in [0.25, 0.3) is 0 Å². The molecule has 3 heteroatoms. The number of nitrogens with zero attached hydrogens (tertiary/aromatic N) is 2. The Labute approximate surface area is 99.8 Å². The third-order valence-electron chi connectivity index (χ3n) is 2.87. The van der Waals surface area contributed by atoms with Crippen LogP contribution in [0.5, 0.6) is 0 Å². The van der Waals surface area contributed by atoms with Gasteiger partial charge in [-0.05, 0) is 53.5 Å². The van der Waals surface area contributed by atoms with Gasteiger partial charge in [-0.3, -0.25) is 9.88 Å². The predicted octanol–water partition coefficient (Wildman–Crippen LogP) is 3.22. The molecule has 1 aliphatic rings. The molecule has 0 aliphatic carbocycles. The maximum Gasteiger partial charge on any atom is 0.0410 e. The molecular formula is C12H17BrN2. The van der Waals surface area contributed by atoms with Gasteiger partial charge in [0, 0.05) is 23.4 Å². The fraction of sp³-hybridized carbons (Fsp3) is 0.583. The number of pyridine rings is 1. The van der Waals surface area contributed by atoms with Gasteiger partial charge in [-0.25, -0.2) is 0 Å². The van der Waals surface area contributed by atoms with Gasteiger partial charge >= 0.3 is 0 Å². The SMILES string of the molecule is Brc1cncc(CN2CCCCCC2)c1. The van der Waals surface area contributed by atoms with Crippen LogP contribution in [0.1, 0.15) is 31.2 Å². The molecule has 1 fully saturated rings. The Morgan fingerprint density at radius 1 is 1.13 bits per heavy atom.